The average molecular weight is 420 g/mol. The number of benzene rings is 2. The largest absolute Gasteiger partial charge is 0.379 e. The molecule has 1 aliphatic rings. The lowest BCUT2D eigenvalue weighted by molar-refractivity contribution is 0.0730. The van der Waals surface area contributed by atoms with Crippen molar-refractivity contribution in [1.82, 2.24) is 13.9 Å². The van der Waals surface area contributed by atoms with Gasteiger partial charge in [0.05, 0.1) is 41.9 Å². The molecule has 2 heterocycles. The van der Waals surface area contributed by atoms with Crippen molar-refractivity contribution < 1.29 is 13.2 Å². The normalized spacial score (nSPS) is 15.8. The van der Waals surface area contributed by atoms with E-state index in [1.165, 1.54) is 15.2 Å². The van der Waals surface area contributed by atoms with Crippen molar-refractivity contribution in [2.24, 2.45) is 0 Å². The first-order chi connectivity index (χ1) is 13.4. The Balaban J connectivity index is 1.65. The van der Waals surface area contributed by atoms with E-state index in [0.29, 0.717) is 47.8 Å². The van der Waals surface area contributed by atoms with Gasteiger partial charge in [-0.3, -0.25) is 9.36 Å². The van der Waals surface area contributed by atoms with Gasteiger partial charge in [-0.05, 0) is 35.9 Å². The van der Waals surface area contributed by atoms with Crippen LogP contribution in [0.1, 0.15) is 5.56 Å². The first kappa shape index (κ1) is 19.1. The zero-order valence-electron chi connectivity index (χ0n) is 14.9. The van der Waals surface area contributed by atoms with Crippen LogP contribution < -0.4 is 5.56 Å². The van der Waals surface area contributed by atoms with Crippen LogP contribution in [-0.2, 0) is 21.3 Å². The minimum absolute atomic E-state index is 0.205. The highest BCUT2D eigenvalue weighted by molar-refractivity contribution is 7.89. The van der Waals surface area contributed by atoms with Gasteiger partial charge in [-0.25, -0.2) is 13.4 Å². The van der Waals surface area contributed by atoms with E-state index in [2.05, 4.69) is 4.98 Å². The number of ether oxygens (including phenoxy) is 1. The number of aromatic nitrogens is 2. The van der Waals surface area contributed by atoms with E-state index in [-0.39, 0.29) is 17.0 Å². The Hall–Kier alpha value is -2.26. The summed E-state index contributed by atoms with van der Waals surface area (Å²) in [6.45, 7) is 1.67. The van der Waals surface area contributed by atoms with Gasteiger partial charge >= 0.3 is 0 Å². The first-order valence-electron chi connectivity index (χ1n) is 8.77. The number of hydrogen-bond acceptors (Lipinski definition) is 5. The third kappa shape index (κ3) is 3.68. The van der Waals surface area contributed by atoms with E-state index in [4.69, 9.17) is 16.3 Å². The monoisotopic (exact) mass is 419 g/mol. The smallest absolute Gasteiger partial charge is 0.261 e. The van der Waals surface area contributed by atoms with Crippen molar-refractivity contribution in [1.29, 1.82) is 0 Å². The Labute approximate surface area is 167 Å². The Morgan fingerprint density at radius 1 is 1.11 bits per heavy atom. The summed E-state index contributed by atoms with van der Waals surface area (Å²) in [7, 11) is -3.59. The molecule has 1 aromatic heterocycles. The van der Waals surface area contributed by atoms with Crippen LogP contribution >= 0.6 is 11.6 Å². The zero-order chi connectivity index (χ0) is 19.7. The van der Waals surface area contributed by atoms with Gasteiger partial charge in [0.15, 0.2) is 0 Å². The lowest BCUT2D eigenvalue weighted by Crippen LogP contribution is -2.40. The van der Waals surface area contributed by atoms with Crippen LogP contribution in [0.3, 0.4) is 0 Å². The van der Waals surface area contributed by atoms with E-state index < -0.39 is 10.0 Å². The van der Waals surface area contributed by atoms with Crippen molar-refractivity contribution in [3.05, 3.63) is 69.7 Å². The summed E-state index contributed by atoms with van der Waals surface area (Å²) >= 11 is 5.95. The second-order valence-corrected chi connectivity index (χ2v) is 8.88. The van der Waals surface area contributed by atoms with Crippen molar-refractivity contribution in [2.75, 3.05) is 26.3 Å². The molecule has 146 valence electrons. The molecule has 0 saturated carbocycles. The standard InChI is InChI=1S/C19H18ClN3O4S/c20-15-4-5-17-18(11-15)21-13-22(19(17)24)12-14-2-1-3-16(10-14)28(25,26)23-6-8-27-9-7-23/h1-5,10-11,13H,6-9,12H2. The summed E-state index contributed by atoms with van der Waals surface area (Å²) in [5.74, 6) is 0. The van der Waals surface area contributed by atoms with Gasteiger partial charge in [-0.15, -0.1) is 0 Å². The van der Waals surface area contributed by atoms with E-state index in [9.17, 15) is 13.2 Å². The highest BCUT2D eigenvalue weighted by Crippen LogP contribution is 2.19. The molecule has 0 spiro atoms. The Morgan fingerprint density at radius 2 is 1.89 bits per heavy atom. The van der Waals surface area contributed by atoms with Gasteiger partial charge < -0.3 is 4.74 Å². The molecule has 0 radical (unpaired) electrons. The van der Waals surface area contributed by atoms with Crippen molar-refractivity contribution >= 4 is 32.5 Å². The van der Waals surface area contributed by atoms with Crippen LogP contribution in [0.25, 0.3) is 10.9 Å². The minimum atomic E-state index is -3.59. The molecule has 4 rings (SSSR count). The molecule has 1 fully saturated rings. The highest BCUT2D eigenvalue weighted by atomic mass is 35.5. The summed E-state index contributed by atoms with van der Waals surface area (Å²) in [5, 5.41) is 0.974. The molecule has 0 amide bonds. The third-order valence-electron chi connectivity index (χ3n) is 4.65. The quantitative estimate of drug-likeness (QED) is 0.647. The fourth-order valence-electron chi connectivity index (χ4n) is 3.18. The molecule has 2 aromatic carbocycles. The number of sulfonamides is 1. The molecule has 28 heavy (non-hydrogen) atoms. The summed E-state index contributed by atoms with van der Waals surface area (Å²) in [6.07, 6.45) is 1.45. The summed E-state index contributed by atoms with van der Waals surface area (Å²) < 4.78 is 33.8. The maximum absolute atomic E-state index is 12.8. The second-order valence-electron chi connectivity index (χ2n) is 6.50. The fourth-order valence-corrected chi connectivity index (χ4v) is 4.83. The SMILES string of the molecule is O=c1c2ccc(Cl)cc2ncn1Cc1cccc(S(=O)(=O)N2CCOCC2)c1. The molecular weight excluding hydrogens is 402 g/mol. The van der Waals surface area contributed by atoms with Gasteiger partial charge in [0.25, 0.3) is 5.56 Å². The number of halogens is 1. The van der Waals surface area contributed by atoms with Crippen LogP contribution in [0, 0.1) is 0 Å². The molecular formula is C19H18ClN3O4S. The van der Waals surface area contributed by atoms with E-state index >= 15 is 0 Å². The first-order valence-corrected chi connectivity index (χ1v) is 10.6. The summed E-state index contributed by atoms with van der Waals surface area (Å²) in [5.41, 5.74) is 1.02. The Kier molecular flexibility index (Phi) is 5.20. The third-order valence-corrected chi connectivity index (χ3v) is 6.78. The summed E-state index contributed by atoms with van der Waals surface area (Å²) in [6, 6.07) is 11.6. The average Bonchev–Trinajstić information content (AvgIpc) is 2.71. The molecule has 0 N–H and O–H groups in total. The molecule has 1 aliphatic heterocycles. The van der Waals surface area contributed by atoms with Gasteiger partial charge in [0.2, 0.25) is 10.0 Å². The molecule has 7 nitrogen and oxygen atoms in total. The van der Waals surface area contributed by atoms with Crippen LogP contribution in [0.5, 0.6) is 0 Å². The van der Waals surface area contributed by atoms with E-state index in [0.717, 1.165) is 0 Å². The summed E-state index contributed by atoms with van der Waals surface area (Å²) in [4.78, 5) is 17.2. The molecule has 0 unspecified atom stereocenters. The number of rotatable bonds is 4. The highest BCUT2D eigenvalue weighted by Gasteiger charge is 2.26. The predicted molar refractivity (Wildman–Crippen MR) is 106 cm³/mol. The van der Waals surface area contributed by atoms with Crippen molar-refractivity contribution in [2.45, 2.75) is 11.4 Å². The lowest BCUT2D eigenvalue weighted by Gasteiger charge is -2.26. The van der Waals surface area contributed by atoms with E-state index in [1.54, 1.807) is 42.5 Å². The molecule has 1 saturated heterocycles. The number of morpholine rings is 1. The van der Waals surface area contributed by atoms with Gasteiger partial charge in [0, 0.05) is 18.1 Å². The predicted octanol–water partition coefficient (Wildman–Crippen LogP) is 2.12. The van der Waals surface area contributed by atoms with Crippen LogP contribution in [0.2, 0.25) is 5.02 Å². The van der Waals surface area contributed by atoms with Gasteiger partial charge in [-0.2, -0.15) is 4.31 Å². The molecule has 0 bridgehead atoms. The van der Waals surface area contributed by atoms with Crippen LogP contribution in [0.4, 0.5) is 0 Å². The second kappa shape index (κ2) is 7.63. The fraction of sp³-hybridized carbons (Fsp3) is 0.263. The Morgan fingerprint density at radius 3 is 2.68 bits per heavy atom. The number of hydrogen-bond donors (Lipinski definition) is 0. The zero-order valence-corrected chi connectivity index (χ0v) is 16.5. The Bertz CT molecular complexity index is 1190. The number of nitrogens with zero attached hydrogens (tertiary/aromatic N) is 3. The molecule has 3 aromatic rings. The van der Waals surface area contributed by atoms with Crippen molar-refractivity contribution in [3.8, 4) is 0 Å². The maximum Gasteiger partial charge on any atom is 0.261 e. The lowest BCUT2D eigenvalue weighted by atomic mass is 10.2. The molecule has 0 atom stereocenters. The maximum atomic E-state index is 12.8. The molecule has 0 aliphatic carbocycles. The number of fused-ring (bicyclic) bond motifs is 1. The van der Waals surface area contributed by atoms with Crippen LogP contribution in [-0.4, -0.2) is 48.6 Å². The topological polar surface area (TPSA) is 81.5 Å². The van der Waals surface area contributed by atoms with Gasteiger partial charge in [-0.1, -0.05) is 23.7 Å². The minimum Gasteiger partial charge on any atom is -0.379 e. The van der Waals surface area contributed by atoms with E-state index in [1.807, 2.05) is 0 Å². The van der Waals surface area contributed by atoms with Crippen LogP contribution in [0.15, 0.2) is 58.5 Å². The van der Waals surface area contributed by atoms with Crippen molar-refractivity contribution in [3.63, 3.8) is 0 Å². The molecule has 9 heteroatoms. The van der Waals surface area contributed by atoms with Gasteiger partial charge in [0.1, 0.15) is 0 Å².